The van der Waals surface area contributed by atoms with Crippen LogP contribution in [0.4, 0.5) is 5.69 Å². The highest BCUT2D eigenvalue weighted by atomic mass is 32.1. The van der Waals surface area contributed by atoms with Crippen molar-refractivity contribution in [3.8, 4) is 0 Å². The molecule has 1 fully saturated rings. The minimum absolute atomic E-state index is 0.216. The molecular formula is C15H20N2OS. The third-order valence-electron chi connectivity index (χ3n) is 3.38. The lowest BCUT2D eigenvalue weighted by Crippen LogP contribution is -2.39. The van der Waals surface area contributed by atoms with Gasteiger partial charge in [0.05, 0.1) is 0 Å². The number of aryl methyl sites for hydroxylation is 2. The number of rotatable bonds is 2. The van der Waals surface area contributed by atoms with Crippen molar-refractivity contribution in [1.29, 1.82) is 0 Å². The van der Waals surface area contributed by atoms with Gasteiger partial charge in [0.15, 0.2) is 4.99 Å². The molecule has 0 unspecified atom stereocenters. The number of carbonyl (C=O) groups is 1. The Kier molecular flexibility index (Phi) is 4.53. The summed E-state index contributed by atoms with van der Waals surface area (Å²) in [6.07, 6.45) is 4.66. The first kappa shape index (κ1) is 14.0. The van der Waals surface area contributed by atoms with Gasteiger partial charge in [-0.25, -0.2) is 0 Å². The first-order valence-corrected chi connectivity index (χ1v) is 7.15. The normalized spacial score (nSPS) is 15.3. The summed E-state index contributed by atoms with van der Waals surface area (Å²) in [4.78, 5) is 12.3. The largest absolute Gasteiger partial charge is 0.369 e. The highest BCUT2D eigenvalue weighted by Crippen LogP contribution is 2.18. The molecule has 4 heteroatoms. The van der Waals surface area contributed by atoms with Crippen LogP contribution in [0.25, 0.3) is 0 Å². The van der Waals surface area contributed by atoms with Crippen molar-refractivity contribution < 1.29 is 4.79 Å². The van der Waals surface area contributed by atoms with Crippen LogP contribution in [0, 0.1) is 13.8 Å². The molecule has 2 N–H and O–H groups in total. The summed E-state index contributed by atoms with van der Waals surface area (Å²) in [7, 11) is 0. The quantitative estimate of drug-likeness (QED) is 0.816. The Morgan fingerprint density at radius 3 is 2.32 bits per heavy atom. The van der Waals surface area contributed by atoms with E-state index in [1.807, 2.05) is 26.0 Å². The van der Waals surface area contributed by atoms with E-state index in [0.29, 0.717) is 11.0 Å². The smallest absolute Gasteiger partial charge is 0.283 e. The number of hydrogen-bond acceptors (Lipinski definition) is 2. The van der Waals surface area contributed by atoms with Crippen molar-refractivity contribution in [3.05, 3.63) is 29.3 Å². The highest BCUT2D eigenvalue weighted by Gasteiger charge is 2.18. The molecule has 0 bridgehead atoms. The second kappa shape index (κ2) is 6.15. The Labute approximate surface area is 119 Å². The van der Waals surface area contributed by atoms with Gasteiger partial charge >= 0.3 is 0 Å². The van der Waals surface area contributed by atoms with Gasteiger partial charge in [-0.2, -0.15) is 0 Å². The lowest BCUT2D eigenvalue weighted by Gasteiger charge is -2.14. The molecule has 1 aromatic carbocycles. The zero-order valence-electron chi connectivity index (χ0n) is 11.5. The zero-order valence-corrected chi connectivity index (χ0v) is 12.3. The van der Waals surface area contributed by atoms with Crippen LogP contribution in [0.3, 0.4) is 0 Å². The van der Waals surface area contributed by atoms with Crippen LogP contribution in [-0.2, 0) is 4.79 Å². The van der Waals surface area contributed by atoms with Gasteiger partial charge in [-0.1, -0.05) is 31.1 Å². The summed E-state index contributed by atoms with van der Waals surface area (Å²) in [5.41, 5.74) is 3.06. The molecule has 0 heterocycles. The van der Waals surface area contributed by atoms with E-state index in [-0.39, 0.29) is 5.91 Å². The molecule has 0 atom stereocenters. The minimum Gasteiger partial charge on any atom is -0.369 e. The lowest BCUT2D eigenvalue weighted by atomic mass is 10.1. The number of carbonyl (C=O) groups excluding carboxylic acids is 1. The summed E-state index contributed by atoms with van der Waals surface area (Å²) < 4.78 is 0. The molecule has 19 heavy (non-hydrogen) atoms. The van der Waals surface area contributed by atoms with Crippen LogP contribution in [0.5, 0.6) is 0 Å². The van der Waals surface area contributed by atoms with Crippen molar-refractivity contribution >= 4 is 28.8 Å². The summed E-state index contributed by atoms with van der Waals surface area (Å²) in [5, 5.41) is 6.00. The predicted octanol–water partition coefficient (Wildman–Crippen LogP) is 3.10. The van der Waals surface area contributed by atoms with E-state index in [4.69, 9.17) is 12.2 Å². The van der Waals surface area contributed by atoms with E-state index >= 15 is 0 Å². The molecule has 3 nitrogen and oxygen atoms in total. The lowest BCUT2D eigenvalue weighted by molar-refractivity contribution is -0.110. The molecule has 0 aliphatic heterocycles. The van der Waals surface area contributed by atoms with Crippen molar-refractivity contribution in [3.63, 3.8) is 0 Å². The molecule has 1 aliphatic carbocycles. The van der Waals surface area contributed by atoms with E-state index in [9.17, 15) is 4.79 Å². The Bertz CT molecular complexity index is 473. The van der Waals surface area contributed by atoms with Crippen LogP contribution in [0.15, 0.2) is 18.2 Å². The van der Waals surface area contributed by atoms with Crippen molar-refractivity contribution in [1.82, 2.24) is 5.32 Å². The fraction of sp³-hybridized carbons (Fsp3) is 0.467. The maximum absolute atomic E-state index is 12.0. The number of amides is 1. The number of hydrogen-bond donors (Lipinski definition) is 2. The Morgan fingerprint density at radius 2 is 1.74 bits per heavy atom. The first-order valence-electron chi connectivity index (χ1n) is 6.75. The second-order valence-corrected chi connectivity index (χ2v) is 5.69. The Hall–Kier alpha value is -1.42. The number of anilines is 1. The Morgan fingerprint density at radius 1 is 1.16 bits per heavy atom. The van der Waals surface area contributed by atoms with Crippen molar-refractivity contribution in [2.24, 2.45) is 0 Å². The second-order valence-electron chi connectivity index (χ2n) is 5.29. The third kappa shape index (κ3) is 4.03. The highest BCUT2D eigenvalue weighted by molar-refractivity contribution is 7.82. The topological polar surface area (TPSA) is 41.1 Å². The molecule has 1 aliphatic rings. The molecule has 102 valence electrons. The van der Waals surface area contributed by atoms with Gasteiger partial charge in [0, 0.05) is 11.7 Å². The molecule has 1 saturated carbocycles. The summed E-state index contributed by atoms with van der Waals surface area (Å²) in [5.74, 6) is -0.216. The van der Waals surface area contributed by atoms with Crippen molar-refractivity contribution in [2.75, 3.05) is 5.32 Å². The van der Waals surface area contributed by atoms with E-state index in [1.54, 1.807) is 0 Å². The van der Waals surface area contributed by atoms with Gasteiger partial charge in [-0.05, 0) is 49.9 Å². The summed E-state index contributed by atoms with van der Waals surface area (Å²) in [6.45, 7) is 4.02. The monoisotopic (exact) mass is 276 g/mol. The number of thiocarbonyl (C=S) groups is 1. The van der Waals surface area contributed by atoms with Crippen LogP contribution < -0.4 is 10.6 Å². The molecule has 0 aromatic heterocycles. The fourth-order valence-electron chi connectivity index (χ4n) is 2.56. The number of nitrogens with one attached hydrogen (secondary N) is 2. The molecule has 1 aromatic rings. The van der Waals surface area contributed by atoms with E-state index in [0.717, 1.165) is 29.7 Å². The molecule has 0 radical (unpaired) electrons. The zero-order chi connectivity index (χ0) is 13.8. The van der Waals surface area contributed by atoms with Crippen LogP contribution in [0.1, 0.15) is 36.8 Å². The van der Waals surface area contributed by atoms with Gasteiger partial charge in [0.1, 0.15) is 0 Å². The number of benzene rings is 1. The van der Waals surface area contributed by atoms with E-state index in [1.165, 1.54) is 12.8 Å². The van der Waals surface area contributed by atoms with Crippen LogP contribution in [-0.4, -0.2) is 16.9 Å². The summed E-state index contributed by atoms with van der Waals surface area (Å²) in [6, 6.07) is 6.34. The maximum Gasteiger partial charge on any atom is 0.283 e. The fourth-order valence-corrected chi connectivity index (χ4v) is 2.77. The average Bonchev–Trinajstić information content (AvgIpc) is 2.80. The Balaban J connectivity index is 1.94. The third-order valence-corrected chi connectivity index (χ3v) is 3.68. The van der Waals surface area contributed by atoms with E-state index < -0.39 is 0 Å². The average molecular weight is 276 g/mol. The first-order chi connectivity index (χ1) is 9.04. The van der Waals surface area contributed by atoms with Gasteiger partial charge in [0.25, 0.3) is 5.91 Å². The van der Waals surface area contributed by atoms with Crippen LogP contribution >= 0.6 is 12.2 Å². The van der Waals surface area contributed by atoms with E-state index in [2.05, 4.69) is 16.7 Å². The van der Waals surface area contributed by atoms with Gasteiger partial charge < -0.3 is 10.6 Å². The maximum atomic E-state index is 12.0. The van der Waals surface area contributed by atoms with Crippen LogP contribution in [0.2, 0.25) is 0 Å². The predicted molar refractivity (Wildman–Crippen MR) is 82.5 cm³/mol. The molecule has 0 spiro atoms. The van der Waals surface area contributed by atoms with Gasteiger partial charge in [0.2, 0.25) is 0 Å². The minimum atomic E-state index is -0.216. The molecule has 1 amide bonds. The standard InChI is InChI=1S/C15H20N2OS/c1-10-7-11(2)9-13(8-10)16-14(18)15(19)17-12-5-3-4-6-12/h7-9,12H,3-6H2,1-2H3,(H,16,18)(H,17,19). The molecule has 2 rings (SSSR count). The molecule has 0 saturated heterocycles. The SMILES string of the molecule is Cc1cc(C)cc(NC(=O)C(=S)NC2CCCC2)c1. The molecular weight excluding hydrogens is 256 g/mol. The van der Waals surface area contributed by atoms with Gasteiger partial charge in [-0.3, -0.25) is 4.79 Å². The summed E-state index contributed by atoms with van der Waals surface area (Å²) >= 11 is 5.15. The van der Waals surface area contributed by atoms with Crippen molar-refractivity contribution in [2.45, 2.75) is 45.6 Å². The van der Waals surface area contributed by atoms with Gasteiger partial charge in [-0.15, -0.1) is 0 Å².